The molecule has 0 saturated carbocycles. The van der Waals surface area contributed by atoms with Gasteiger partial charge in [0.15, 0.2) is 5.16 Å². The minimum absolute atomic E-state index is 0.0414. The summed E-state index contributed by atoms with van der Waals surface area (Å²) >= 11 is 7.07. The van der Waals surface area contributed by atoms with Gasteiger partial charge in [-0.05, 0) is 24.2 Å². The number of ether oxygens (including phenoxy) is 1. The fourth-order valence-corrected chi connectivity index (χ4v) is 2.78. The van der Waals surface area contributed by atoms with Gasteiger partial charge in [0.25, 0.3) is 5.69 Å². The van der Waals surface area contributed by atoms with Crippen molar-refractivity contribution < 1.29 is 14.5 Å². The second-order valence-electron chi connectivity index (χ2n) is 4.45. The molecule has 2 rings (SSSR count). The predicted octanol–water partition coefficient (Wildman–Crippen LogP) is 3.47. The Balaban J connectivity index is 2.30. The largest absolute Gasteiger partial charge is 0.462 e. The molecule has 0 saturated heterocycles. The number of esters is 1. The second-order valence-corrected chi connectivity index (χ2v) is 5.85. The molecule has 0 aliphatic carbocycles. The fourth-order valence-electron chi connectivity index (χ4n) is 1.67. The quantitative estimate of drug-likeness (QED) is 0.350. The first-order valence-corrected chi connectivity index (χ1v) is 7.90. The van der Waals surface area contributed by atoms with Gasteiger partial charge in [-0.25, -0.2) is 9.78 Å². The first-order chi connectivity index (χ1) is 11.0. The van der Waals surface area contributed by atoms with Crippen LogP contribution in [0.1, 0.15) is 30.1 Å². The summed E-state index contributed by atoms with van der Waals surface area (Å²) in [6.45, 7) is 2.22. The Kier molecular flexibility index (Phi) is 5.94. The Morgan fingerprint density at radius 2 is 2.30 bits per heavy atom. The number of nitro benzene ring substituents is 1. The van der Waals surface area contributed by atoms with Gasteiger partial charge in [-0.1, -0.05) is 24.9 Å². The number of unbranched alkanes of at least 4 members (excludes halogenated alkanes) is 1. The van der Waals surface area contributed by atoms with Crippen LogP contribution < -0.4 is 0 Å². The highest BCUT2D eigenvalue weighted by molar-refractivity contribution is 7.99. The molecule has 23 heavy (non-hydrogen) atoms. The van der Waals surface area contributed by atoms with Crippen molar-refractivity contribution in [2.45, 2.75) is 29.8 Å². The van der Waals surface area contributed by atoms with Gasteiger partial charge >= 0.3 is 5.97 Å². The Morgan fingerprint density at radius 3 is 2.91 bits per heavy atom. The number of hydrogen-bond acceptors (Lipinski definition) is 7. The van der Waals surface area contributed by atoms with Gasteiger partial charge in [0.2, 0.25) is 0 Å². The molecule has 10 heteroatoms. The molecule has 0 fully saturated rings. The van der Waals surface area contributed by atoms with Crippen molar-refractivity contribution in [3.05, 3.63) is 39.2 Å². The number of aromatic amines is 1. The van der Waals surface area contributed by atoms with Crippen LogP contribution >= 0.6 is 23.4 Å². The minimum atomic E-state index is -0.639. The lowest BCUT2D eigenvalue weighted by Crippen LogP contribution is -2.07. The summed E-state index contributed by atoms with van der Waals surface area (Å²) in [4.78, 5) is 26.7. The van der Waals surface area contributed by atoms with Gasteiger partial charge in [-0.2, -0.15) is 5.10 Å². The van der Waals surface area contributed by atoms with Crippen LogP contribution in [-0.2, 0) is 4.74 Å². The third-order valence-corrected chi connectivity index (χ3v) is 4.21. The molecular weight excluding hydrogens is 344 g/mol. The number of halogens is 1. The molecule has 0 amide bonds. The zero-order valence-electron chi connectivity index (χ0n) is 12.1. The maximum atomic E-state index is 11.9. The highest BCUT2D eigenvalue weighted by Crippen LogP contribution is 2.39. The van der Waals surface area contributed by atoms with E-state index in [0.29, 0.717) is 5.16 Å². The van der Waals surface area contributed by atoms with Crippen molar-refractivity contribution >= 4 is 35.0 Å². The molecule has 0 aliphatic heterocycles. The number of carbonyl (C=O) groups excluding carboxylic acids is 1. The Hall–Kier alpha value is -2.13. The summed E-state index contributed by atoms with van der Waals surface area (Å²) in [6, 6.07) is 2.50. The average molecular weight is 357 g/mol. The molecule has 0 radical (unpaired) electrons. The van der Waals surface area contributed by atoms with Crippen LogP contribution in [-0.4, -0.2) is 32.7 Å². The van der Waals surface area contributed by atoms with Gasteiger partial charge < -0.3 is 4.74 Å². The van der Waals surface area contributed by atoms with Crippen LogP contribution in [0, 0.1) is 10.1 Å². The molecule has 1 aromatic carbocycles. The van der Waals surface area contributed by atoms with Gasteiger partial charge in [0, 0.05) is 6.07 Å². The molecule has 1 aromatic heterocycles. The van der Waals surface area contributed by atoms with Crippen molar-refractivity contribution in [2.75, 3.05) is 6.61 Å². The minimum Gasteiger partial charge on any atom is -0.462 e. The predicted molar refractivity (Wildman–Crippen MR) is 83.8 cm³/mol. The molecule has 1 N–H and O–H groups in total. The Morgan fingerprint density at radius 1 is 1.52 bits per heavy atom. The van der Waals surface area contributed by atoms with Crippen molar-refractivity contribution in [1.82, 2.24) is 15.2 Å². The van der Waals surface area contributed by atoms with Crippen molar-refractivity contribution in [2.24, 2.45) is 0 Å². The summed E-state index contributed by atoms with van der Waals surface area (Å²) in [6.07, 6.45) is 2.88. The van der Waals surface area contributed by atoms with Gasteiger partial charge in [0.1, 0.15) is 11.2 Å². The molecule has 8 nitrogen and oxygen atoms in total. The van der Waals surface area contributed by atoms with E-state index in [-0.39, 0.29) is 27.8 Å². The number of hydrogen-bond donors (Lipinski definition) is 1. The number of nitrogens with one attached hydrogen (secondary N) is 1. The van der Waals surface area contributed by atoms with E-state index in [1.807, 2.05) is 6.92 Å². The van der Waals surface area contributed by atoms with Gasteiger partial charge in [-0.15, -0.1) is 0 Å². The number of benzene rings is 1. The third-order valence-electron chi connectivity index (χ3n) is 2.78. The van der Waals surface area contributed by atoms with E-state index in [0.717, 1.165) is 30.7 Å². The average Bonchev–Trinajstić information content (AvgIpc) is 3.02. The smallest absolute Gasteiger partial charge is 0.338 e. The first kappa shape index (κ1) is 17.2. The molecule has 1 heterocycles. The summed E-state index contributed by atoms with van der Waals surface area (Å²) < 4.78 is 5.05. The van der Waals surface area contributed by atoms with E-state index in [1.54, 1.807) is 0 Å². The number of rotatable bonds is 7. The lowest BCUT2D eigenvalue weighted by atomic mass is 10.2. The molecule has 0 unspecified atom stereocenters. The van der Waals surface area contributed by atoms with Gasteiger partial charge in [-0.3, -0.25) is 15.2 Å². The topological polar surface area (TPSA) is 111 Å². The standard InChI is InChI=1S/C13H13ClN4O4S/c1-2-3-4-22-12(19)8-5-9(14)11(10(6-8)18(20)21)23-13-15-7-16-17-13/h5-7H,2-4H2,1H3,(H,15,16,17). The zero-order chi connectivity index (χ0) is 16.8. The third kappa shape index (κ3) is 4.42. The van der Waals surface area contributed by atoms with E-state index in [2.05, 4.69) is 15.2 Å². The Labute approximate surface area is 140 Å². The maximum absolute atomic E-state index is 11.9. The maximum Gasteiger partial charge on any atom is 0.338 e. The van der Waals surface area contributed by atoms with E-state index < -0.39 is 10.9 Å². The molecule has 122 valence electrons. The van der Waals surface area contributed by atoms with Crippen LogP contribution in [0.25, 0.3) is 0 Å². The lowest BCUT2D eigenvalue weighted by Gasteiger charge is -2.07. The van der Waals surface area contributed by atoms with Gasteiger partial charge in [0.05, 0.1) is 22.1 Å². The lowest BCUT2D eigenvalue weighted by molar-refractivity contribution is -0.387. The zero-order valence-corrected chi connectivity index (χ0v) is 13.7. The molecule has 0 aliphatic rings. The van der Waals surface area contributed by atoms with Crippen LogP contribution in [0.15, 0.2) is 28.5 Å². The Bertz CT molecular complexity index is 708. The summed E-state index contributed by atoms with van der Waals surface area (Å²) in [5, 5.41) is 17.9. The second kappa shape index (κ2) is 7.93. The van der Waals surface area contributed by atoms with Crippen LogP contribution in [0.2, 0.25) is 5.02 Å². The normalized spacial score (nSPS) is 10.5. The number of H-pyrrole nitrogens is 1. The monoisotopic (exact) mass is 356 g/mol. The first-order valence-electron chi connectivity index (χ1n) is 6.71. The number of carbonyl (C=O) groups is 1. The molecular formula is C13H13ClN4O4S. The van der Waals surface area contributed by atoms with E-state index in [4.69, 9.17) is 16.3 Å². The van der Waals surface area contributed by atoms with Crippen molar-refractivity contribution in [3.63, 3.8) is 0 Å². The van der Waals surface area contributed by atoms with Crippen molar-refractivity contribution in [3.8, 4) is 0 Å². The number of nitrogens with zero attached hydrogens (tertiary/aromatic N) is 3. The summed E-state index contributed by atoms with van der Waals surface area (Å²) in [5.41, 5.74) is -0.249. The van der Waals surface area contributed by atoms with Crippen LogP contribution in [0.3, 0.4) is 0 Å². The summed E-state index contributed by atoms with van der Waals surface area (Å²) in [7, 11) is 0. The van der Waals surface area contributed by atoms with E-state index in [1.165, 1.54) is 12.4 Å². The molecule has 0 spiro atoms. The number of nitro groups is 1. The fraction of sp³-hybridized carbons (Fsp3) is 0.308. The summed E-state index contributed by atoms with van der Waals surface area (Å²) in [5.74, 6) is -0.639. The SMILES string of the molecule is CCCCOC(=O)c1cc(Cl)c(Sc2ncn[nH]2)c([N+](=O)[O-])c1. The highest BCUT2D eigenvalue weighted by Gasteiger charge is 2.23. The van der Waals surface area contributed by atoms with Crippen LogP contribution in [0.4, 0.5) is 5.69 Å². The van der Waals surface area contributed by atoms with E-state index in [9.17, 15) is 14.9 Å². The van der Waals surface area contributed by atoms with Crippen LogP contribution in [0.5, 0.6) is 0 Å². The van der Waals surface area contributed by atoms with Crippen molar-refractivity contribution in [1.29, 1.82) is 0 Å². The molecule has 0 atom stereocenters. The number of aromatic nitrogens is 3. The highest BCUT2D eigenvalue weighted by atomic mass is 35.5. The molecule has 2 aromatic rings. The van der Waals surface area contributed by atoms with E-state index >= 15 is 0 Å². The molecule has 0 bridgehead atoms.